The first-order chi connectivity index (χ1) is 8.79. The van der Waals surface area contributed by atoms with E-state index in [-0.39, 0.29) is 18.0 Å². The summed E-state index contributed by atoms with van der Waals surface area (Å²) in [5.74, 6) is 0.445. The van der Waals surface area contributed by atoms with Crippen LogP contribution in [0.2, 0.25) is 0 Å². The van der Waals surface area contributed by atoms with Crippen LogP contribution in [0.25, 0.3) is 10.4 Å². The van der Waals surface area contributed by atoms with Crippen molar-refractivity contribution in [3.05, 3.63) is 46.3 Å². The standard InChI is InChI=1S/C13H14N4O/c14-16-15-12-7-11-6-10(12)8-17(11)13(18)9-4-2-1-3-5-9/h1-5,10-12H,6-8H2. The first-order valence-electron chi connectivity index (χ1n) is 6.20. The number of hydrogen-bond acceptors (Lipinski definition) is 2. The summed E-state index contributed by atoms with van der Waals surface area (Å²) in [4.78, 5) is 17.1. The third-order valence-corrected chi connectivity index (χ3v) is 3.99. The molecule has 1 aromatic carbocycles. The van der Waals surface area contributed by atoms with Crippen LogP contribution in [0.15, 0.2) is 35.4 Å². The number of fused-ring (bicyclic) bond motifs is 2. The molecule has 2 fully saturated rings. The molecule has 1 heterocycles. The molecule has 3 rings (SSSR count). The van der Waals surface area contributed by atoms with Gasteiger partial charge in [-0.15, -0.1) is 0 Å². The SMILES string of the molecule is [N-]=[N+]=NC1CC2CC1CN2C(=O)c1ccccc1. The van der Waals surface area contributed by atoms with E-state index in [4.69, 9.17) is 5.53 Å². The maximum atomic E-state index is 12.3. The third-order valence-electron chi connectivity index (χ3n) is 3.99. The van der Waals surface area contributed by atoms with Crippen molar-refractivity contribution in [2.45, 2.75) is 24.9 Å². The highest BCUT2D eigenvalue weighted by molar-refractivity contribution is 5.94. The fourth-order valence-corrected chi connectivity index (χ4v) is 3.13. The topological polar surface area (TPSA) is 69.1 Å². The Morgan fingerprint density at radius 1 is 1.33 bits per heavy atom. The zero-order chi connectivity index (χ0) is 12.5. The molecule has 0 radical (unpaired) electrons. The average Bonchev–Trinajstić information content (AvgIpc) is 2.99. The van der Waals surface area contributed by atoms with Gasteiger partial charge in [0, 0.05) is 29.1 Å². The van der Waals surface area contributed by atoms with Gasteiger partial charge in [-0.05, 0) is 36.4 Å². The third kappa shape index (κ3) is 1.73. The number of rotatable bonds is 2. The molecule has 18 heavy (non-hydrogen) atoms. The van der Waals surface area contributed by atoms with Gasteiger partial charge in [-0.1, -0.05) is 23.3 Å². The van der Waals surface area contributed by atoms with Crippen molar-refractivity contribution in [3.8, 4) is 0 Å². The molecule has 0 aromatic heterocycles. The Kier molecular flexibility index (Phi) is 2.68. The quantitative estimate of drug-likeness (QED) is 0.446. The first-order valence-corrected chi connectivity index (χ1v) is 6.20. The molecule has 92 valence electrons. The molecule has 1 saturated carbocycles. The molecule has 5 nitrogen and oxygen atoms in total. The zero-order valence-corrected chi connectivity index (χ0v) is 9.94. The highest BCUT2D eigenvalue weighted by Crippen LogP contribution is 2.40. The monoisotopic (exact) mass is 242 g/mol. The van der Waals surface area contributed by atoms with Gasteiger partial charge in [-0.3, -0.25) is 4.79 Å². The van der Waals surface area contributed by atoms with Crippen LogP contribution in [0.5, 0.6) is 0 Å². The number of hydrogen-bond donors (Lipinski definition) is 0. The van der Waals surface area contributed by atoms with Crippen LogP contribution in [0.1, 0.15) is 23.2 Å². The van der Waals surface area contributed by atoms with E-state index < -0.39 is 0 Å². The van der Waals surface area contributed by atoms with E-state index in [1.54, 1.807) is 0 Å². The van der Waals surface area contributed by atoms with Crippen LogP contribution >= 0.6 is 0 Å². The molecule has 1 aromatic rings. The molecule has 1 aliphatic carbocycles. The predicted molar refractivity (Wildman–Crippen MR) is 66.9 cm³/mol. The van der Waals surface area contributed by atoms with Gasteiger partial charge in [0.1, 0.15) is 0 Å². The van der Waals surface area contributed by atoms with Crippen LogP contribution in [0, 0.1) is 5.92 Å². The normalized spacial score (nSPS) is 29.1. The van der Waals surface area contributed by atoms with Gasteiger partial charge in [0.05, 0.1) is 0 Å². The number of piperidine rings is 1. The molecule has 1 saturated heterocycles. The van der Waals surface area contributed by atoms with Crippen molar-refractivity contribution in [1.29, 1.82) is 0 Å². The van der Waals surface area contributed by atoms with Crippen molar-refractivity contribution in [2.75, 3.05) is 6.54 Å². The second kappa shape index (κ2) is 4.35. The molecular weight excluding hydrogens is 228 g/mol. The second-order valence-electron chi connectivity index (χ2n) is 4.98. The van der Waals surface area contributed by atoms with Gasteiger partial charge in [-0.25, -0.2) is 0 Å². The number of nitrogens with zero attached hydrogens (tertiary/aromatic N) is 4. The number of azide groups is 1. The Bertz CT molecular complexity index is 509. The van der Waals surface area contributed by atoms with Crippen molar-refractivity contribution >= 4 is 5.91 Å². The van der Waals surface area contributed by atoms with E-state index in [0.717, 1.165) is 24.9 Å². The van der Waals surface area contributed by atoms with Crippen LogP contribution in [0.3, 0.4) is 0 Å². The van der Waals surface area contributed by atoms with E-state index >= 15 is 0 Å². The lowest BCUT2D eigenvalue weighted by molar-refractivity contribution is 0.0694. The highest BCUT2D eigenvalue weighted by Gasteiger charge is 2.46. The number of amides is 1. The Hall–Kier alpha value is -2.00. The fraction of sp³-hybridized carbons (Fsp3) is 0.462. The summed E-state index contributed by atoms with van der Waals surface area (Å²) in [6, 6.07) is 9.69. The molecule has 1 aliphatic heterocycles. The molecule has 2 bridgehead atoms. The molecule has 3 unspecified atom stereocenters. The Morgan fingerprint density at radius 3 is 2.72 bits per heavy atom. The maximum Gasteiger partial charge on any atom is 0.254 e. The maximum absolute atomic E-state index is 12.3. The van der Waals surface area contributed by atoms with E-state index in [2.05, 4.69) is 10.0 Å². The summed E-state index contributed by atoms with van der Waals surface area (Å²) in [6.45, 7) is 0.724. The fourth-order valence-electron chi connectivity index (χ4n) is 3.13. The van der Waals surface area contributed by atoms with Gasteiger partial charge >= 0.3 is 0 Å². The second-order valence-corrected chi connectivity index (χ2v) is 4.98. The minimum Gasteiger partial charge on any atom is -0.335 e. The largest absolute Gasteiger partial charge is 0.335 e. The van der Waals surface area contributed by atoms with Gasteiger partial charge < -0.3 is 4.90 Å². The average molecular weight is 242 g/mol. The minimum absolute atomic E-state index is 0.0832. The van der Waals surface area contributed by atoms with Crippen LogP contribution in [-0.2, 0) is 0 Å². The number of likely N-dealkylation sites (tertiary alicyclic amines) is 1. The lowest BCUT2D eigenvalue weighted by atomic mass is 10.0. The van der Waals surface area contributed by atoms with Gasteiger partial charge in [0.2, 0.25) is 0 Å². The molecule has 0 spiro atoms. The summed E-state index contributed by atoms with van der Waals surface area (Å²) in [5, 5.41) is 3.82. The van der Waals surface area contributed by atoms with Crippen molar-refractivity contribution < 1.29 is 4.79 Å². The van der Waals surface area contributed by atoms with Crippen LogP contribution in [-0.4, -0.2) is 29.4 Å². The lowest BCUT2D eigenvalue weighted by Gasteiger charge is -2.29. The van der Waals surface area contributed by atoms with Gasteiger partial charge in [0.25, 0.3) is 5.91 Å². The Balaban J connectivity index is 1.75. The molecule has 5 heteroatoms. The molecular formula is C13H14N4O. The molecule has 0 N–H and O–H groups in total. The van der Waals surface area contributed by atoms with Gasteiger partial charge in [-0.2, -0.15) is 0 Å². The number of carbonyl (C=O) groups excluding carboxylic acids is 1. The summed E-state index contributed by atoms with van der Waals surface area (Å²) in [6.07, 6.45) is 1.79. The minimum atomic E-state index is 0.0832. The van der Waals surface area contributed by atoms with Crippen molar-refractivity contribution in [2.24, 2.45) is 11.0 Å². The summed E-state index contributed by atoms with van der Waals surface area (Å²) in [5.41, 5.74) is 9.23. The molecule has 3 atom stereocenters. The van der Waals surface area contributed by atoms with E-state index in [9.17, 15) is 4.79 Å². The molecule has 2 aliphatic rings. The van der Waals surface area contributed by atoms with E-state index in [0.29, 0.717) is 5.92 Å². The van der Waals surface area contributed by atoms with E-state index in [1.165, 1.54) is 0 Å². The number of carbonyl (C=O) groups is 1. The highest BCUT2D eigenvalue weighted by atomic mass is 16.2. The van der Waals surface area contributed by atoms with Crippen LogP contribution < -0.4 is 0 Å². The smallest absolute Gasteiger partial charge is 0.254 e. The van der Waals surface area contributed by atoms with Gasteiger partial charge in [0.15, 0.2) is 0 Å². The summed E-state index contributed by atoms with van der Waals surface area (Å²) < 4.78 is 0. The summed E-state index contributed by atoms with van der Waals surface area (Å²) in [7, 11) is 0. The summed E-state index contributed by atoms with van der Waals surface area (Å²) >= 11 is 0. The van der Waals surface area contributed by atoms with Crippen molar-refractivity contribution in [1.82, 2.24) is 4.90 Å². The van der Waals surface area contributed by atoms with E-state index in [1.807, 2.05) is 35.2 Å². The van der Waals surface area contributed by atoms with Crippen molar-refractivity contribution in [3.63, 3.8) is 0 Å². The predicted octanol–water partition coefficient (Wildman–Crippen LogP) is 2.60. The lowest BCUT2D eigenvalue weighted by Crippen LogP contribution is -2.41. The first kappa shape index (κ1) is 11.1. The molecule has 1 amide bonds. The number of benzene rings is 1. The Labute approximate surface area is 105 Å². The Morgan fingerprint density at radius 2 is 2.11 bits per heavy atom. The van der Waals surface area contributed by atoms with Crippen LogP contribution in [0.4, 0.5) is 0 Å². The zero-order valence-electron chi connectivity index (χ0n) is 9.94.